The third-order valence-corrected chi connectivity index (χ3v) is 4.81. The summed E-state index contributed by atoms with van der Waals surface area (Å²) in [4.78, 5) is 7.80. The zero-order chi connectivity index (χ0) is 18.9. The maximum absolute atomic E-state index is 10.3. The molecule has 4 nitrogen and oxygen atoms in total. The lowest BCUT2D eigenvalue weighted by Gasteiger charge is -2.32. The summed E-state index contributed by atoms with van der Waals surface area (Å²) >= 11 is 0. The van der Waals surface area contributed by atoms with Crippen LogP contribution in [0.4, 0.5) is 0 Å². The van der Waals surface area contributed by atoms with Gasteiger partial charge in [-0.25, -0.2) is 0 Å². The molecule has 0 aromatic heterocycles. The molecule has 0 radical (unpaired) electrons. The number of nitrogens with zero attached hydrogens (tertiary/aromatic N) is 2. The van der Waals surface area contributed by atoms with Crippen molar-refractivity contribution in [1.29, 1.82) is 0 Å². The minimum atomic E-state index is -0.533. The quantitative estimate of drug-likeness (QED) is 0.696. The van der Waals surface area contributed by atoms with E-state index in [1.165, 1.54) is 17.6 Å². The van der Waals surface area contributed by atoms with E-state index in [0.717, 1.165) is 25.0 Å². The Balaban J connectivity index is 1.93. The monoisotopic (exact) mass is 358 g/mol. The van der Waals surface area contributed by atoms with Crippen molar-refractivity contribution in [3.05, 3.63) is 41.5 Å². The van der Waals surface area contributed by atoms with Gasteiger partial charge >= 0.3 is 0 Å². The summed E-state index contributed by atoms with van der Waals surface area (Å²) in [6.45, 7) is 9.44. The van der Waals surface area contributed by atoms with Crippen LogP contribution in [0.15, 0.2) is 41.1 Å². The van der Waals surface area contributed by atoms with E-state index in [9.17, 15) is 5.11 Å². The molecule has 1 aromatic carbocycles. The zero-order valence-corrected chi connectivity index (χ0v) is 16.7. The van der Waals surface area contributed by atoms with Gasteiger partial charge in [0.1, 0.15) is 12.7 Å². The van der Waals surface area contributed by atoms with Gasteiger partial charge in [0.2, 0.25) is 0 Å². The second-order valence-electron chi connectivity index (χ2n) is 7.66. The Morgan fingerprint density at radius 3 is 2.38 bits per heavy atom. The minimum absolute atomic E-state index is 0.234. The number of hydrogen-bond donors (Lipinski definition) is 1. The van der Waals surface area contributed by atoms with Gasteiger partial charge in [-0.15, -0.1) is 0 Å². The Bertz CT molecular complexity index is 585. The van der Waals surface area contributed by atoms with E-state index in [2.05, 4.69) is 56.0 Å². The van der Waals surface area contributed by atoms with Crippen LogP contribution in [0.5, 0.6) is 0 Å². The van der Waals surface area contributed by atoms with Crippen molar-refractivity contribution in [1.82, 2.24) is 4.90 Å². The predicted molar refractivity (Wildman–Crippen MR) is 109 cm³/mol. The van der Waals surface area contributed by atoms with Crippen molar-refractivity contribution >= 4 is 11.8 Å². The van der Waals surface area contributed by atoms with Crippen LogP contribution < -0.4 is 0 Å². The lowest BCUT2D eigenvalue weighted by molar-refractivity contribution is 0.00578. The molecule has 1 N–H and O–H groups in total. The number of oxime groups is 1. The van der Waals surface area contributed by atoms with E-state index >= 15 is 0 Å². The van der Waals surface area contributed by atoms with Gasteiger partial charge in [-0.1, -0.05) is 35.5 Å². The third kappa shape index (κ3) is 6.58. The van der Waals surface area contributed by atoms with Crippen molar-refractivity contribution in [3.8, 4) is 0 Å². The smallest absolute Gasteiger partial charge is 0.144 e. The molecular weight excluding hydrogens is 324 g/mol. The van der Waals surface area contributed by atoms with Crippen LogP contribution >= 0.6 is 0 Å². The Labute approximate surface area is 158 Å². The first-order valence-corrected chi connectivity index (χ1v) is 9.86. The molecule has 4 heteroatoms. The molecular formula is C22H34N2O2. The molecule has 1 aliphatic carbocycles. The fourth-order valence-corrected chi connectivity index (χ4v) is 3.44. The number of aliphatic hydroxyl groups is 1. The molecule has 0 heterocycles. The predicted octanol–water partition coefficient (Wildman–Crippen LogP) is 4.50. The Morgan fingerprint density at radius 1 is 1.08 bits per heavy atom. The first-order chi connectivity index (χ1) is 12.5. The fourth-order valence-electron chi connectivity index (χ4n) is 3.44. The molecule has 0 amide bonds. The van der Waals surface area contributed by atoms with E-state index in [1.807, 2.05) is 18.2 Å². The van der Waals surface area contributed by atoms with Crippen LogP contribution in [-0.2, 0) is 4.84 Å². The highest BCUT2D eigenvalue weighted by atomic mass is 16.6. The van der Waals surface area contributed by atoms with Crippen LogP contribution in [0.25, 0.3) is 6.08 Å². The van der Waals surface area contributed by atoms with Gasteiger partial charge in [0.05, 0.1) is 5.71 Å². The zero-order valence-electron chi connectivity index (χ0n) is 16.7. The van der Waals surface area contributed by atoms with Gasteiger partial charge in [-0.3, -0.25) is 4.90 Å². The fraction of sp³-hybridized carbons (Fsp3) is 0.591. The van der Waals surface area contributed by atoms with Gasteiger partial charge < -0.3 is 9.94 Å². The minimum Gasteiger partial charge on any atom is -0.393 e. The van der Waals surface area contributed by atoms with Gasteiger partial charge in [-0.05, 0) is 70.6 Å². The average molecular weight is 359 g/mol. The van der Waals surface area contributed by atoms with E-state index < -0.39 is 6.10 Å². The molecule has 1 fully saturated rings. The standard InChI is InChI=1S/C22H34N2O2/c1-17(2)24(18(3)4)15-21(25)16-26-23-22-13-9-8-12-20(22)14-19-10-6-5-7-11-19/h5-7,10-11,14,17-18,21,25H,8-9,12-13,15-16H2,1-4H3/b20-14+,23-22+/t21-/m0/s1. The van der Waals surface area contributed by atoms with Gasteiger partial charge in [0, 0.05) is 18.6 Å². The van der Waals surface area contributed by atoms with Crippen molar-refractivity contribution in [2.75, 3.05) is 13.2 Å². The summed E-state index contributed by atoms with van der Waals surface area (Å²) in [5.74, 6) is 0. The highest BCUT2D eigenvalue weighted by molar-refractivity contribution is 6.03. The normalized spacial score (nSPS) is 19.7. The van der Waals surface area contributed by atoms with Crippen LogP contribution in [0.2, 0.25) is 0 Å². The van der Waals surface area contributed by atoms with Crippen molar-refractivity contribution in [3.63, 3.8) is 0 Å². The second-order valence-corrected chi connectivity index (χ2v) is 7.66. The van der Waals surface area contributed by atoms with Crippen molar-refractivity contribution in [2.45, 2.75) is 71.6 Å². The number of allylic oxidation sites excluding steroid dienone is 1. The molecule has 144 valence electrons. The number of aliphatic hydroxyl groups excluding tert-OH is 1. The maximum Gasteiger partial charge on any atom is 0.144 e. The lowest BCUT2D eigenvalue weighted by atomic mass is 9.91. The van der Waals surface area contributed by atoms with Gasteiger partial charge in [0.15, 0.2) is 0 Å². The summed E-state index contributed by atoms with van der Waals surface area (Å²) < 4.78 is 0. The molecule has 1 aliphatic rings. The maximum atomic E-state index is 10.3. The lowest BCUT2D eigenvalue weighted by Crippen LogP contribution is -2.43. The highest BCUT2D eigenvalue weighted by Crippen LogP contribution is 2.23. The summed E-state index contributed by atoms with van der Waals surface area (Å²) in [5.41, 5.74) is 3.47. The molecule has 0 aliphatic heterocycles. The summed E-state index contributed by atoms with van der Waals surface area (Å²) in [6, 6.07) is 11.1. The molecule has 2 rings (SSSR count). The molecule has 1 aromatic rings. The van der Waals surface area contributed by atoms with E-state index in [-0.39, 0.29) is 6.61 Å². The third-order valence-electron chi connectivity index (χ3n) is 4.81. The Kier molecular flexibility index (Phi) is 8.33. The summed E-state index contributed by atoms with van der Waals surface area (Å²) in [6.07, 6.45) is 5.99. The van der Waals surface area contributed by atoms with E-state index in [0.29, 0.717) is 18.6 Å². The van der Waals surface area contributed by atoms with E-state index in [1.54, 1.807) is 0 Å². The molecule has 0 saturated heterocycles. The second kappa shape index (κ2) is 10.5. The average Bonchev–Trinajstić information content (AvgIpc) is 2.61. The molecule has 26 heavy (non-hydrogen) atoms. The van der Waals surface area contributed by atoms with Crippen LogP contribution in [-0.4, -0.2) is 47.1 Å². The Morgan fingerprint density at radius 2 is 1.73 bits per heavy atom. The first kappa shape index (κ1) is 20.7. The van der Waals surface area contributed by atoms with Crippen LogP contribution in [0.1, 0.15) is 58.9 Å². The topological polar surface area (TPSA) is 45.1 Å². The SMILES string of the molecule is CC(C)N(C[C@H](O)CO/N=C1\CCCC\C1=C/c1ccccc1)C(C)C. The molecule has 0 unspecified atom stereocenters. The van der Waals surface area contributed by atoms with Crippen molar-refractivity contribution < 1.29 is 9.94 Å². The van der Waals surface area contributed by atoms with Gasteiger partial charge in [-0.2, -0.15) is 0 Å². The number of hydrogen-bond acceptors (Lipinski definition) is 4. The molecule has 1 atom stereocenters. The van der Waals surface area contributed by atoms with Crippen LogP contribution in [0, 0.1) is 0 Å². The Hall–Kier alpha value is -1.65. The van der Waals surface area contributed by atoms with Crippen LogP contribution in [0.3, 0.4) is 0 Å². The number of rotatable bonds is 8. The van der Waals surface area contributed by atoms with Gasteiger partial charge in [0.25, 0.3) is 0 Å². The molecule has 1 saturated carbocycles. The number of benzene rings is 1. The summed E-state index contributed by atoms with van der Waals surface area (Å²) in [7, 11) is 0. The molecule has 0 spiro atoms. The van der Waals surface area contributed by atoms with Crippen molar-refractivity contribution in [2.24, 2.45) is 5.16 Å². The van der Waals surface area contributed by atoms with E-state index in [4.69, 9.17) is 4.84 Å². The highest BCUT2D eigenvalue weighted by Gasteiger charge is 2.18. The first-order valence-electron chi connectivity index (χ1n) is 9.86. The summed E-state index contributed by atoms with van der Waals surface area (Å²) in [5, 5.41) is 14.7. The molecule has 0 bridgehead atoms. The largest absolute Gasteiger partial charge is 0.393 e.